The number of hydrogen-bond donors (Lipinski definition) is 2. The number of nitrogens with one attached hydrogen (secondary N) is 2. The molecule has 4 aromatic rings. The number of anilines is 2. The molecule has 1 heterocycles. The molecule has 0 aliphatic rings. The topological polar surface area (TPSA) is 66.9 Å². The lowest BCUT2D eigenvalue weighted by molar-refractivity contribution is 0.0954. The van der Waals surface area contributed by atoms with Crippen LogP contribution >= 0.6 is 11.6 Å². The van der Waals surface area contributed by atoms with E-state index in [1.165, 1.54) is 0 Å². The van der Waals surface area contributed by atoms with Gasteiger partial charge in [-0.1, -0.05) is 60.1 Å². The minimum atomic E-state index is -0.122. The van der Waals surface area contributed by atoms with Gasteiger partial charge in [0.1, 0.15) is 0 Å². The van der Waals surface area contributed by atoms with Crippen LogP contribution in [0.2, 0.25) is 5.02 Å². The number of benzene rings is 3. The zero-order valence-corrected chi connectivity index (χ0v) is 17.5. The molecule has 2 N–H and O–H groups in total. The molecule has 4 rings (SSSR count). The Kier molecular flexibility index (Phi) is 6.55. The molecule has 0 atom stereocenters. The Morgan fingerprint density at radius 2 is 1.65 bits per heavy atom. The molecule has 5 nitrogen and oxygen atoms in total. The van der Waals surface area contributed by atoms with E-state index in [2.05, 4.69) is 20.8 Å². The van der Waals surface area contributed by atoms with Gasteiger partial charge in [0, 0.05) is 28.4 Å². The van der Waals surface area contributed by atoms with Gasteiger partial charge in [-0.05, 0) is 54.4 Å². The van der Waals surface area contributed by atoms with E-state index in [0.717, 1.165) is 28.9 Å². The van der Waals surface area contributed by atoms with E-state index < -0.39 is 0 Å². The van der Waals surface area contributed by atoms with Gasteiger partial charge < -0.3 is 10.6 Å². The number of halogens is 1. The van der Waals surface area contributed by atoms with E-state index in [1.807, 2.05) is 78.9 Å². The summed E-state index contributed by atoms with van der Waals surface area (Å²) in [5.74, 6) is 0.489. The van der Waals surface area contributed by atoms with Gasteiger partial charge in [-0.3, -0.25) is 4.79 Å². The zero-order chi connectivity index (χ0) is 21.5. The molecule has 1 aromatic heterocycles. The maximum absolute atomic E-state index is 12.5. The third kappa shape index (κ3) is 5.68. The Morgan fingerprint density at radius 3 is 2.39 bits per heavy atom. The van der Waals surface area contributed by atoms with Crippen molar-refractivity contribution in [1.29, 1.82) is 0 Å². The lowest BCUT2D eigenvalue weighted by Crippen LogP contribution is -2.25. The summed E-state index contributed by atoms with van der Waals surface area (Å²) < 4.78 is 0. The molecule has 0 saturated heterocycles. The lowest BCUT2D eigenvalue weighted by atomic mass is 10.1. The van der Waals surface area contributed by atoms with Crippen LogP contribution in [0.5, 0.6) is 0 Å². The van der Waals surface area contributed by atoms with E-state index in [0.29, 0.717) is 22.9 Å². The first-order valence-electron chi connectivity index (χ1n) is 9.96. The summed E-state index contributed by atoms with van der Waals surface area (Å²) in [6.07, 6.45) is 0.740. The van der Waals surface area contributed by atoms with E-state index in [1.54, 1.807) is 12.1 Å². The predicted octanol–water partition coefficient (Wildman–Crippen LogP) is 5.51. The molecule has 0 saturated carbocycles. The minimum absolute atomic E-state index is 0.122. The molecule has 3 aromatic carbocycles. The monoisotopic (exact) mass is 428 g/mol. The van der Waals surface area contributed by atoms with Crippen molar-refractivity contribution < 1.29 is 4.79 Å². The molecule has 0 fully saturated rings. The first-order chi connectivity index (χ1) is 15.2. The van der Waals surface area contributed by atoms with E-state index >= 15 is 0 Å². The summed E-state index contributed by atoms with van der Waals surface area (Å²) in [4.78, 5) is 12.5. The molecule has 154 valence electrons. The molecular weight excluding hydrogens is 408 g/mol. The summed E-state index contributed by atoms with van der Waals surface area (Å²) in [6.45, 7) is 0.546. The lowest BCUT2D eigenvalue weighted by Gasteiger charge is -2.09. The van der Waals surface area contributed by atoms with Crippen molar-refractivity contribution in [2.45, 2.75) is 6.42 Å². The van der Waals surface area contributed by atoms with Crippen LogP contribution in [0.25, 0.3) is 11.3 Å². The zero-order valence-electron chi connectivity index (χ0n) is 16.8. The Bertz CT molecular complexity index is 1150. The minimum Gasteiger partial charge on any atom is -0.352 e. The van der Waals surface area contributed by atoms with Crippen molar-refractivity contribution in [3.63, 3.8) is 0 Å². The fourth-order valence-corrected chi connectivity index (χ4v) is 3.25. The Morgan fingerprint density at radius 1 is 0.839 bits per heavy atom. The summed E-state index contributed by atoms with van der Waals surface area (Å²) >= 11 is 5.90. The highest BCUT2D eigenvalue weighted by atomic mass is 35.5. The predicted molar refractivity (Wildman–Crippen MR) is 125 cm³/mol. The second-order valence-corrected chi connectivity index (χ2v) is 7.44. The van der Waals surface area contributed by atoms with Crippen LogP contribution in [-0.2, 0) is 6.42 Å². The van der Waals surface area contributed by atoms with Crippen molar-refractivity contribution in [3.05, 3.63) is 107 Å². The molecule has 0 spiro atoms. The van der Waals surface area contributed by atoms with Gasteiger partial charge >= 0.3 is 0 Å². The van der Waals surface area contributed by atoms with Gasteiger partial charge in [-0.2, -0.15) is 0 Å². The Hall–Kier alpha value is -3.70. The van der Waals surface area contributed by atoms with Crippen molar-refractivity contribution >= 4 is 29.0 Å². The van der Waals surface area contributed by atoms with Crippen molar-refractivity contribution in [1.82, 2.24) is 15.5 Å². The van der Waals surface area contributed by atoms with Gasteiger partial charge in [0.25, 0.3) is 5.91 Å². The van der Waals surface area contributed by atoms with Crippen LogP contribution in [0.15, 0.2) is 91.0 Å². The first-order valence-corrected chi connectivity index (χ1v) is 10.3. The number of amides is 1. The van der Waals surface area contributed by atoms with Crippen LogP contribution in [-0.4, -0.2) is 22.6 Å². The maximum Gasteiger partial charge on any atom is 0.251 e. The van der Waals surface area contributed by atoms with Crippen LogP contribution in [0.4, 0.5) is 11.5 Å². The summed E-state index contributed by atoms with van der Waals surface area (Å²) in [7, 11) is 0. The highest BCUT2D eigenvalue weighted by Gasteiger charge is 2.07. The third-order valence-electron chi connectivity index (χ3n) is 4.74. The van der Waals surface area contributed by atoms with Crippen molar-refractivity contribution in [2.24, 2.45) is 0 Å². The second-order valence-electron chi connectivity index (χ2n) is 7.01. The second kappa shape index (κ2) is 9.87. The molecule has 31 heavy (non-hydrogen) atoms. The van der Waals surface area contributed by atoms with Crippen molar-refractivity contribution in [3.8, 4) is 11.3 Å². The van der Waals surface area contributed by atoms with E-state index in [-0.39, 0.29) is 5.91 Å². The highest BCUT2D eigenvalue weighted by molar-refractivity contribution is 6.30. The molecule has 0 aliphatic heterocycles. The van der Waals surface area contributed by atoms with Crippen LogP contribution in [0, 0.1) is 0 Å². The SMILES string of the molecule is O=C(NCCc1ccc(Cl)cc1)c1cccc(Nc2ccc(-c3ccccc3)nn2)c1. The average molecular weight is 429 g/mol. The Labute approximate surface area is 186 Å². The number of carbonyl (C=O) groups excluding carboxylic acids is 1. The summed E-state index contributed by atoms with van der Waals surface area (Å²) in [5, 5.41) is 15.4. The van der Waals surface area contributed by atoms with Gasteiger partial charge in [0.05, 0.1) is 5.69 Å². The number of carbonyl (C=O) groups is 1. The van der Waals surface area contributed by atoms with E-state index in [9.17, 15) is 4.79 Å². The smallest absolute Gasteiger partial charge is 0.251 e. The molecule has 0 radical (unpaired) electrons. The van der Waals surface area contributed by atoms with Gasteiger partial charge in [-0.25, -0.2) is 0 Å². The number of rotatable bonds is 7. The molecule has 6 heteroatoms. The molecular formula is C25H21ClN4O. The highest BCUT2D eigenvalue weighted by Crippen LogP contribution is 2.19. The number of nitrogens with zero attached hydrogens (tertiary/aromatic N) is 2. The molecule has 0 unspecified atom stereocenters. The van der Waals surface area contributed by atoms with Gasteiger partial charge in [0.15, 0.2) is 5.82 Å². The fraction of sp³-hybridized carbons (Fsp3) is 0.0800. The number of aromatic nitrogens is 2. The van der Waals surface area contributed by atoms with Gasteiger partial charge in [-0.15, -0.1) is 10.2 Å². The average Bonchev–Trinajstić information content (AvgIpc) is 2.81. The van der Waals surface area contributed by atoms with Crippen LogP contribution < -0.4 is 10.6 Å². The molecule has 1 amide bonds. The summed E-state index contributed by atoms with van der Waals surface area (Å²) in [5.41, 5.74) is 4.29. The summed E-state index contributed by atoms with van der Waals surface area (Å²) in [6, 6.07) is 28.6. The quantitative estimate of drug-likeness (QED) is 0.407. The molecule has 0 bridgehead atoms. The maximum atomic E-state index is 12.5. The van der Waals surface area contributed by atoms with Gasteiger partial charge in [0.2, 0.25) is 0 Å². The Balaban J connectivity index is 1.35. The third-order valence-corrected chi connectivity index (χ3v) is 5.00. The van der Waals surface area contributed by atoms with Crippen molar-refractivity contribution in [2.75, 3.05) is 11.9 Å². The van der Waals surface area contributed by atoms with Crippen LogP contribution in [0.1, 0.15) is 15.9 Å². The molecule has 0 aliphatic carbocycles. The normalized spacial score (nSPS) is 10.5. The fourth-order valence-electron chi connectivity index (χ4n) is 3.12. The standard InChI is InChI=1S/C25H21ClN4O/c26-21-11-9-18(10-12-21)15-16-27-25(31)20-7-4-8-22(17-20)28-24-14-13-23(29-30-24)19-5-2-1-3-6-19/h1-14,17H,15-16H2,(H,27,31)(H,28,30). The largest absolute Gasteiger partial charge is 0.352 e. The number of hydrogen-bond acceptors (Lipinski definition) is 4. The van der Waals surface area contributed by atoms with E-state index in [4.69, 9.17) is 11.6 Å². The van der Waals surface area contributed by atoms with Crippen LogP contribution in [0.3, 0.4) is 0 Å². The first kappa shape index (κ1) is 20.6.